The van der Waals surface area contributed by atoms with E-state index in [0.29, 0.717) is 117 Å². The number of thiophene rings is 1. The zero-order valence-corrected chi connectivity index (χ0v) is 95.6. The van der Waals surface area contributed by atoms with Crippen LogP contribution in [0.2, 0.25) is 18.1 Å². The van der Waals surface area contributed by atoms with Crippen LogP contribution in [0.25, 0.3) is 12.2 Å². The van der Waals surface area contributed by atoms with E-state index in [0.717, 1.165) is 144 Å². The van der Waals surface area contributed by atoms with Crippen LogP contribution in [0.5, 0.6) is 0 Å². The minimum absolute atomic E-state index is 0.277. The molecule has 776 valence electrons. The molecule has 25 aliphatic carbocycles. The van der Waals surface area contributed by atoms with E-state index in [1.165, 1.54) is 120 Å². The minimum Gasteiger partial charge on any atom is -0.413 e. The average molecular weight is 1990 g/mol. The molecule has 1 aromatic heterocycles. The molecule has 0 radical (unpaired) electrons. The Labute approximate surface area is 895 Å². The summed E-state index contributed by atoms with van der Waals surface area (Å²) in [6.45, 7) is 52.6. The Kier molecular flexibility index (Phi) is 29.2. The number of aryl methyl sites for hydroxylation is 1. The van der Waals surface area contributed by atoms with Crippen LogP contribution in [-0.2, 0) is 15.6 Å². The first-order valence-electron chi connectivity index (χ1n) is 59.6. The topological polar surface area (TPSA) is 18.5 Å². The Hall–Kier alpha value is -7.96. The molecule has 10 saturated carbocycles. The zero-order chi connectivity index (χ0) is 102. The van der Waals surface area contributed by atoms with Gasteiger partial charge in [-0.3, -0.25) is 0 Å². The van der Waals surface area contributed by atoms with Crippen LogP contribution < -0.4 is 10.4 Å². The first kappa shape index (κ1) is 103. The molecule has 11 fully saturated rings. The molecule has 35 atom stereocenters. The second kappa shape index (κ2) is 41.5. The van der Waals surface area contributed by atoms with E-state index < -0.39 is 8.32 Å². The smallest absolute Gasteiger partial charge is 0.192 e. The fraction of sp³-hybridized carbons (Fsp3) is 0.552. The summed E-state index contributed by atoms with van der Waals surface area (Å²) in [5, 5.41) is 3.13. The Bertz CT molecular complexity index is 6240. The molecule has 0 bridgehead atoms. The van der Waals surface area contributed by atoms with Gasteiger partial charge in [0.2, 0.25) is 0 Å². The molecule has 2 heterocycles. The zero-order valence-electron chi connectivity index (χ0n) is 93.8. The van der Waals surface area contributed by atoms with Crippen LogP contribution >= 0.6 is 11.3 Å². The van der Waals surface area contributed by atoms with Crippen molar-refractivity contribution < 1.29 is 9.16 Å². The van der Waals surface area contributed by atoms with Gasteiger partial charge in [-0.05, 0) is 422 Å². The summed E-state index contributed by atoms with van der Waals surface area (Å²) in [7, 11) is -1.67. The van der Waals surface area contributed by atoms with Crippen LogP contribution in [-0.4, -0.2) is 27.6 Å². The van der Waals surface area contributed by atoms with Crippen LogP contribution in [0, 0.1) is 236 Å². The van der Waals surface area contributed by atoms with Gasteiger partial charge in [0.25, 0.3) is 0 Å². The Morgan fingerprint density at radius 1 is 0.333 bits per heavy atom. The van der Waals surface area contributed by atoms with E-state index in [2.05, 4.69) is 442 Å². The minimum atomic E-state index is -1.67. The van der Waals surface area contributed by atoms with Gasteiger partial charge in [0, 0.05) is 22.8 Å². The second-order valence-corrected chi connectivity index (χ2v) is 61.5. The molecule has 1 aromatic carbocycles. The molecule has 26 aliphatic rings. The molecule has 2 nitrogen and oxygen atoms in total. The lowest BCUT2D eigenvalue weighted by Gasteiger charge is -2.48. The van der Waals surface area contributed by atoms with Crippen molar-refractivity contribution in [3.8, 4) is 0 Å². The third-order valence-electron chi connectivity index (χ3n) is 44.3. The quantitative estimate of drug-likeness (QED) is 0.257. The third kappa shape index (κ3) is 19.8. The second-order valence-electron chi connectivity index (χ2n) is 55.3. The highest BCUT2D eigenvalue weighted by Crippen LogP contribution is 2.66. The molecular weight excluding hydrogens is 1810 g/mol. The summed E-state index contributed by atoms with van der Waals surface area (Å²) in [5.74, 6) is 25.8. The molecule has 35 unspecified atom stereocenters. The van der Waals surface area contributed by atoms with E-state index in [1.54, 1.807) is 39.0 Å². The number of rotatable bonds is 7. The molecule has 2 aromatic rings. The third-order valence-corrected chi connectivity index (χ3v) is 49.8. The van der Waals surface area contributed by atoms with Gasteiger partial charge in [-0.25, -0.2) is 0 Å². The number of hydrogen-bond donors (Lipinski definition) is 0. The molecule has 1 aliphatic heterocycles. The SMILES string of the molecule is CC1C2C=C3C(=CC2C2C=C4C(=CC12)C(C)(C)CCC4(C)C)C(C)(C)CCC3(C)C.CC1C2C=CC=CC2C2C3=C(C=CC12)CCCC3.CC1C2C=CC=CC2C2C=C3CCCC3=CC12.CC1C2C=CC=CC2C2C=CC(CC3CCCO3)=CC12.CC1C2C=CC=CC2C2C=CC(CO[Si](C)(C)C(C)(C)C)=CC12.CC1C2C=CC=CC2C2C=c3ccccc3=CC12.Cc1ccc(CC2=CC3C(C)C4C=CC=CC4C3C=C2)s1. The van der Waals surface area contributed by atoms with E-state index >= 15 is 0 Å². The lowest BCUT2D eigenvalue weighted by atomic mass is 9.56. The molecule has 28 rings (SSSR count). The number of ether oxygens (including phenoxy) is 1. The largest absolute Gasteiger partial charge is 0.413 e. The Morgan fingerprint density at radius 2 is 0.673 bits per heavy atom. The average Bonchev–Trinajstić information content (AvgIpc) is 1.55. The Morgan fingerprint density at radius 3 is 1.12 bits per heavy atom. The predicted molar refractivity (Wildman–Crippen MR) is 628 cm³/mol. The summed E-state index contributed by atoms with van der Waals surface area (Å²) < 4.78 is 12.2. The van der Waals surface area contributed by atoms with Gasteiger partial charge in [0.05, 0.1) is 12.7 Å². The highest BCUT2D eigenvalue weighted by atomic mass is 32.1. The standard InChI is InChI=1S/C30H44.C21H32OSi.C20H22S.C19H24O.C18H22.C18H18.C17H20/c1-18-19-14-23-25(29(6,7)12-10-27(23,2)3)16-21(19)22-17-26-24(15-20(18)22)28(4,5)11-13-30(26,8)9;1-15-17-9-7-8-10-18(17)19-12-11-16(13-20(15)19)14-22-23(5,6)21(2,3)4;1-13-7-9-16(21-13)11-15-8-10-19-18-6-4-3-5-17(18)14(2)20(19)12-15;1-13-16-6-2-3-7-17(16)18-9-8-14(12-19(13)18)11-15-5-4-10-20-15;1-12-14-7-4-5-9-17(14)18-15(12)11-10-13-6-2-3-8-16(13)18;1-12-15-8-4-5-9-16(15)18-11-14-7-3-2-6-13(14)10-17(12)18;1-11-14-7-2-3-8-15(14)17-10-13-6-4-5-12(13)9-16(11)17/h14-22H,10-13H2,1-9H3;7-13,15,17-20H,14H2,1-6H3;3-10,12,14,17-20H,11H2,1-2H3;2-3,6-9,12-13,15-19H,4-5,10-11H2,1H3;4-5,7,9-12,14-15,17-18H,2-3,6,8H2,1H3;2-12,15-18H,1H3;2-3,7-11,14-17H,4-6H2,1H3. The lowest BCUT2D eigenvalue weighted by molar-refractivity contribution is 0.111. The molecule has 4 heteroatoms. The fourth-order valence-electron chi connectivity index (χ4n) is 34.4. The van der Waals surface area contributed by atoms with Gasteiger partial charge >= 0.3 is 0 Å². The maximum Gasteiger partial charge on any atom is 0.192 e. The van der Waals surface area contributed by atoms with Crippen molar-refractivity contribution in [2.45, 2.75) is 252 Å². The van der Waals surface area contributed by atoms with E-state index in [9.17, 15) is 0 Å². The molecule has 0 N–H and O–H groups in total. The Balaban J connectivity index is 0.0000000981. The number of hydrogen-bond acceptors (Lipinski definition) is 3. The number of benzene rings is 1. The van der Waals surface area contributed by atoms with Gasteiger partial charge in [-0.2, -0.15) is 0 Å². The number of allylic oxidation sites excluding steroid dienone is 49. The van der Waals surface area contributed by atoms with Gasteiger partial charge in [-0.15, -0.1) is 11.3 Å². The van der Waals surface area contributed by atoms with Crippen molar-refractivity contribution in [1.29, 1.82) is 0 Å². The van der Waals surface area contributed by atoms with Crippen LogP contribution in [0.1, 0.15) is 224 Å². The molecule has 0 amide bonds. The van der Waals surface area contributed by atoms with E-state index in [-0.39, 0.29) is 5.04 Å². The highest BCUT2D eigenvalue weighted by Gasteiger charge is 2.57. The van der Waals surface area contributed by atoms with Gasteiger partial charge in [0.15, 0.2) is 8.32 Å². The molecule has 0 spiro atoms. The maximum atomic E-state index is 6.43. The fourth-order valence-corrected chi connectivity index (χ4v) is 36.2. The van der Waals surface area contributed by atoms with E-state index in [4.69, 9.17) is 9.16 Å². The van der Waals surface area contributed by atoms with Crippen molar-refractivity contribution in [2.24, 2.45) is 229 Å². The summed E-state index contributed by atoms with van der Waals surface area (Å²) in [4.78, 5) is 2.91. The monoisotopic (exact) mass is 1990 g/mol. The van der Waals surface area contributed by atoms with Crippen molar-refractivity contribution in [3.05, 3.63) is 367 Å². The summed E-state index contributed by atoms with van der Waals surface area (Å²) in [5.41, 5.74) is 19.3. The maximum absolute atomic E-state index is 6.43. The normalized spacial score (nSPS) is 41.2. The van der Waals surface area contributed by atoms with Gasteiger partial charge in [-0.1, -0.05) is 416 Å². The highest BCUT2D eigenvalue weighted by molar-refractivity contribution is 7.11. The van der Waals surface area contributed by atoms with Crippen molar-refractivity contribution in [2.75, 3.05) is 13.2 Å². The van der Waals surface area contributed by atoms with Crippen molar-refractivity contribution in [3.63, 3.8) is 0 Å². The first-order chi connectivity index (χ1) is 70.5. The van der Waals surface area contributed by atoms with E-state index in [1.807, 2.05) is 16.9 Å². The van der Waals surface area contributed by atoms with Gasteiger partial charge in [0.1, 0.15) is 0 Å². The summed E-state index contributed by atoms with van der Waals surface area (Å²) in [6, 6.07) is 13.3. The number of fused-ring (bicyclic) bond motifs is 26. The summed E-state index contributed by atoms with van der Waals surface area (Å²) in [6.07, 6.45) is 125. The first-order valence-corrected chi connectivity index (χ1v) is 63.4. The van der Waals surface area contributed by atoms with Crippen molar-refractivity contribution in [1.82, 2.24) is 0 Å². The van der Waals surface area contributed by atoms with Crippen LogP contribution in [0.4, 0.5) is 0 Å². The predicted octanol–water partition coefficient (Wildman–Crippen LogP) is 35.3. The molecular formula is C143H182O2SSi. The van der Waals surface area contributed by atoms with Crippen molar-refractivity contribution >= 4 is 31.8 Å². The van der Waals surface area contributed by atoms with Crippen LogP contribution in [0.3, 0.4) is 0 Å². The van der Waals surface area contributed by atoms with Crippen LogP contribution in [0.15, 0.2) is 347 Å². The summed E-state index contributed by atoms with van der Waals surface area (Å²) >= 11 is 1.93. The molecule has 147 heavy (non-hydrogen) atoms. The van der Waals surface area contributed by atoms with Gasteiger partial charge < -0.3 is 9.16 Å². The lowest BCUT2D eigenvalue weighted by Crippen LogP contribution is -2.41. The molecule has 1 saturated heterocycles.